The van der Waals surface area contributed by atoms with Gasteiger partial charge in [-0.15, -0.1) is 0 Å². The molecule has 4 nitrogen and oxygen atoms in total. The van der Waals surface area contributed by atoms with Gasteiger partial charge in [-0.2, -0.15) is 0 Å². The molecular formula is C15H26F2N2O2. The highest BCUT2D eigenvalue weighted by Crippen LogP contribution is 2.12. The van der Waals surface area contributed by atoms with Crippen molar-refractivity contribution in [3.63, 3.8) is 0 Å². The first-order chi connectivity index (χ1) is 9.90. The minimum atomic E-state index is -0.819. The van der Waals surface area contributed by atoms with Crippen LogP contribution in [0.1, 0.15) is 26.7 Å². The number of allylic oxidation sites excluding steroid dienone is 4. The van der Waals surface area contributed by atoms with Crippen LogP contribution in [-0.2, 0) is 4.79 Å². The molecule has 1 amide bonds. The Bertz CT molecular complexity index is 369. The third-order valence-corrected chi connectivity index (χ3v) is 2.58. The summed E-state index contributed by atoms with van der Waals surface area (Å²) in [6, 6.07) is -0.454. The molecule has 1 unspecified atom stereocenters. The molecule has 0 fully saturated rings. The summed E-state index contributed by atoms with van der Waals surface area (Å²) >= 11 is 0. The van der Waals surface area contributed by atoms with Crippen LogP contribution < -0.4 is 11.1 Å². The summed E-state index contributed by atoms with van der Waals surface area (Å²) in [5.74, 6) is -0.521. The first-order valence-electron chi connectivity index (χ1n) is 6.56. The lowest BCUT2D eigenvalue weighted by atomic mass is 10.0. The van der Waals surface area contributed by atoms with Crippen molar-refractivity contribution in [1.82, 2.24) is 5.32 Å². The molecule has 0 saturated heterocycles. The fraction of sp³-hybridized carbons (Fsp3) is 0.533. The van der Waals surface area contributed by atoms with Gasteiger partial charge >= 0.3 is 0 Å². The van der Waals surface area contributed by atoms with Crippen LogP contribution >= 0.6 is 0 Å². The van der Waals surface area contributed by atoms with E-state index in [2.05, 4.69) is 11.9 Å². The van der Waals surface area contributed by atoms with E-state index in [1.807, 2.05) is 6.92 Å². The second-order valence-corrected chi connectivity index (χ2v) is 4.42. The van der Waals surface area contributed by atoms with Gasteiger partial charge in [0.25, 0.3) is 0 Å². The van der Waals surface area contributed by atoms with Gasteiger partial charge in [-0.25, -0.2) is 4.39 Å². The fourth-order valence-corrected chi connectivity index (χ4v) is 1.61. The molecule has 0 aromatic heterocycles. The Labute approximate surface area is 125 Å². The standard InChI is InChI=1S/C14H23FN2O2.CH3F/c1-4-5-12(15)7-6-10(2)8-13(14(19)9-16)17-11(3)18;1-2/h4-6,13-14,19H,1,7-9,16H2,2-3H3,(H,17,18);1H3/b10-6+,12-5+;/t13-,14?;/m0./s1. The van der Waals surface area contributed by atoms with Gasteiger partial charge in [-0.1, -0.05) is 24.3 Å². The maximum Gasteiger partial charge on any atom is 0.217 e. The Morgan fingerprint density at radius 2 is 2.00 bits per heavy atom. The predicted molar refractivity (Wildman–Crippen MR) is 82.1 cm³/mol. The largest absolute Gasteiger partial charge is 0.390 e. The van der Waals surface area contributed by atoms with Gasteiger partial charge in [0.1, 0.15) is 5.83 Å². The number of nitrogens with two attached hydrogens (primary N) is 1. The lowest BCUT2D eigenvalue weighted by molar-refractivity contribution is -0.120. The summed E-state index contributed by atoms with van der Waals surface area (Å²) in [6.07, 6.45) is 4.18. The maximum absolute atomic E-state index is 13.1. The summed E-state index contributed by atoms with van der Waals surface area (Å²) in [5.41, 5.74) is 6.26. The highest BCUT2D eigenvalue weighted by molar-refractivity contribution is 5.73. The first-order valence-corrected chi connectivity index (χ1v) is 6.56. The molecule has 0 aromatic rings. The van der Waals surface area contributed by atoms with Gasteiger partial charge in [0.2, 0.25) is 5.91 Å². The van der Waals surface area contributed by atoms with Crippen molar-refractivity contribution in [3.8, 4) is 0 Å². The van der Waals surface area contributed by atoms with Crippen LogP contribution in [0.5, 0.6) is 0 Å². The molecule has 4 N–H and O–H groups in total. The molecule has 0 bridgehead atoms. The maximum atomic E-state index is 13.1. The van der Waals surface area contributed by atoms with Gasteiger partial charge in [0, 0.05) is 19.9 Å². The number of halogens is 2. The lowest BCUT2D eigenvalue weighted by Crippen LogP contribution is -2.45. The molecular weight excluding hydrogens is 278 g/mol. The number of aliphatic hydroxyl groups is 1. The lowest BCUT2D eigenvalue weighted by Gasteiger charge is -2.22. The minimum Gasteiger partial charge on any atom is -0.390 e. The molecule has 0 aromatic carbocycles. The van der Waals surface area contributed by atoms with Crippen LogP contribution in [0.25, 0.3) is 0 Å². The SMILES string of the molecule is C=C/C=C(/F)C/C=C(\C)C[C@H](NC(C)=O)C(O)CN.CF. The Morgan fingerprint density at radius 3 is 2.43 bits per heavy atom. The topological polar surface area (TPSA) is 75.3 Å². The molecule has 21 heavy (non-hydrogen) atoms. The van der Waals surface area contributed by atoms with E-state index >= 15 is 0 Å². The van der Waals surface area contributed by atoms with E-state index in [4.69, 9.17) is 5.73 Å². The van der Waals surface area contributed by atoms with Crippen LogP contribution in [0.2, 0.25) is 0 Å². The number of nitrogens with one attached hydrogen (secondary N) is 1. The Balaban J connectivity index is 0. The van der Waals surface area contributed by atoms with Crippen LogP contribution in [0, 0.1) is 0 Å². The minimum absolute atomic E-state index is 0.0585. The Morgan fingerprint density at radius 1 is 1.43 bits per heavy atom. The van der Waals surface area contributed by atoms with Crippen molar-refractivity contribution in [2.75, 3.05) is 13.7 Å². The summed E-state index contributed by atoms with van der Waals surface area (Å²) in [5, 5.41) is 12.4. The molecule has 6 heteroatoms. The van der Waals surface area contributed by atoms with E-state index in [0.29, 0.717) is 13.6 Å². The highest BCUT2D eigenvalue weighted by atomic mass is 19.1. The summed E-state index contributed by atoms with van der Waals surface area (Å²) < 4.78 is 22.6. The van der Waals surface area contributed by atoms with Crippen molar-refractivity contribution in [1.29, 1.82) is 0 Å². The molecule has 0 heterocycles. The zero-order valence-electron chi connectivity index (χ0n) is 12.9. The van der Waals surface area contributed by atoms with Crippen LogP contribution in [-0.4, -0.2) is 36.9 Å². The number of amides is 1. The number of carbonyl (C=O) groups is 1. The molecule has 0 saturated carbocycles. The normalized spacial score (nSPS) is 14.6. The van der Waals surface area contributed by atoms with Crippen LogP contribution in [0.15, 0.2) is 36.2 Å². The average Bonchev–Trinajstić information content (AvgIpc) is 2.45. The second-order valence-electron chi connectivity index (χ2n) is 4.42. The van der Waals surface area contributed by atoms with E-state index in [9.17, 15) is 18.7 Å². The number of hydrogen-bond acceptors (Lipinski definition) is 3. The van der Waals surface area contributed by atoms with Crippen LogP contribution in [0.3, 0.4) is 0 Å². The predicted octanol–water partition coefficient (Wildman–Crippen LogP) is 2.16. The zero-order valence-corrected chi connectivity index (χ0v) is 12.9. The molecule has 0 spiro atoms. The van der Waals surface area contributed by atoms with Gasteiger partial charge < -0.3 is 16.2 Å². The quantitative estimate of drug-likeness (QED) is 0.475. The van der Waals surface area contributed by atoms with E-state index < -0.39 is 12.1 Å². The number of alkyl halides is 1. The molecule has 0 radical (unpaired) electrons. The van der Waals surface area contributed by atoms with Crippen molar-refractivity contribution < 1.29 is 18.7 Å². The molecule has 0 aliphatic rings. The van der Waals surface area contributed by atoms with Crippen LogP contribution in [0.4, 0.5) is 8.78 Å². The van der Waals surface area contributed by atoms with Crippen molar-refractivity contribution >= 4 is 5.91 Å². The first kappa shape index (κ1) is 21.8. The Hall–Kier alpha value is -1.53. The highest BCUT2D eigenvalue weighted by Gasteiger charge is 2.18. The summed E-state index contributed by atoms with van der Waals surface area (Å²) in [6.45, 7) is 6.67. The van der Waals surface area contributed by atoms with E-state index in [1.54, 1.807) is 6.08 Å². The molecule has 0 aliphatic carbocycles. The number of rotatable bonds is 8. The summed E-state index contributed by atoms with van der Waals surface area (Å²) in [7, 11) is 0.500. The molecule has 0 aliphatic heterocycles. The number of hydrogen-bond donors (Lipinski definition) is 3. The average molecular weight is 304 g/mol. The van der Waals surface area contributed by atoms with Gasteiger partial charge in [0.05, 0.1) is 19.3 Å². The van der Waals surface area contributed by atoms with Crippen molar-refractivity contribution in [3.05, 3.63) is 36.2 Å². The molecule has 0 rings (SSSR count). The number of carbonyl (C=O) groups excluding carboxylic acids is 1. The number of aliphatic hydroxyl groups excluding tert-OH is 1. The van der Waals surface area contributed by atoms with Crippen molar-refractivity contribution in [2.45, 2.75) is 38.8 Å². The molecule has 122 valence electrons. The third-order valence-electron chi connectivity index (χ3n) is 2.58. The van der Waals surface area contributed by atoms with E-state index in [1.165, 1.54) is 19.1 Å². The van der Waals surface area contributed by atoms with Gasteiger partial charge in [0.15, 0.2) is 0 Å². The van der Waals surface area contributed by atoms with E-state index in [-0.39, 0.29) is 24.7 Å². The summed E-state index contributed by atoms with van der Waals surface area (Å²) in [4.78, 5) is 11.0. The monoisotopic (exact) mass is 304 g/mol. The fourth-order valence-electron chi connectivity index (χ4n) is 1.61. The second kappa shape index (κ2) is 13.5. The van der Waals surface area contributed by atoms with Gasteiger partial charge in [-0.3, -0.25) is 9.18 Å². The van der Waals surface area contributed by atoms with Crippen molar-refractivity contribution in [2.24, 2.45) is 5.73 Å². The van der Waals surface area contributed by atoms with Gasteiger partial charge in [-0.05, 0) is 19.4 Å². The third kappa shape index (κ3) is 12.0. The molecule has 2 atom stereocenters. The smallest absolute Gasteiger partial charge is 0.217 e. The Kier molecular flexibility index (Phi) is 13.9. The zero-order chi connectivity index (χ0) is 16.8. The van der Waals surface area contributed by atoms with E-state index in [0.717, 1.165) is 5.57 Å².